The highest BCUT2D eigenvalue weighted by atomic mass is 35.5. The van der Waals surface area contributed by atoms with Crippen LogP contribution in [0.1, 0.15) is 10.4 Å². The summed E-state index contributed by atoms with van der Waals surface area (Å²) in [4.78, 5) is 16.2. The van der Waals surface area contributed by atoms with E-state index in [0.717, 1.165) is 13.1 Å². The van der Waals surface area contributed by atoms with Crippen LogP contribution in [0.3, 0.4) is 0 Å². The highest BCUT2D eigenvalue weighted by Gasteiger charge is 2.08. The number of amides is 1. The molecule has 2 aromatic rings. The quantitative estimate of drug-likeness (QED) is 0.406. The molecule has 0 aliphatic rings. The van der Waals surface area contributed by atoms with Gasteiger partial charge in [0.25, 0.3) is 5.91 Å². The van der Waals surface area contributed by atoms with E-state index >= 15 is 0 Å². The summed E-state index contributed by atoms with van der Waals surface area (Å²) >= 11 is 6.00. The van der Waals surface area contributed by atoms with Gasteiger partial charge in [-0.25, -0.2) is 0 Å². The fraction of sp³-hybridized carbons (Fsp3) is 0.294. The van der Waals surface area contributed by atoms with Gasteiger partial charge in [0.05, 0.1) is 10.6 Å². The Morgan fingerprint density at radius 3 is 2.42 bits per heavy atom. The predicted octanol–water partition coefficient (Wildman–Crippen LogP) is 1.74. The van der Waals surface area contributed by atoms with Gasteiger partial charge in [-0.3, -0.25) is 9.79 Å². The van der Waals surface area contributed by atoms with E-state index < -0.39 is 0 Å². The Hall–Kier alpha value is -2.47. The maximum atomic E-state index is 12.0. The summed E-state index contributed by atoms with van der Waals surface area (Å²) in [6.45, 7) is 2.67. The van der Waals surface area contributed by atoms with Gasteiger partial charge in [0.1, 0.15) is 0 Å². The van der Waals surface area contributed by atoms with Crippen LogP contribution in [0.2, 0.25) is 5.02 Å². The minimum Gasteiger partial charge on any atom is -0.355 e. The molecule has 1 amide bonds. The van der Waals surface area contributed by atoms with Crippen LogP contribution >= 0.6 is 11.6 Å². The topological polar surface area (TPSA) is 70.4 Å². The SMILES string of the molecule is CN=C(NCCNC(=O)c1ccccc1Cl)NCCn1cccc1. The van der Waals surface area contributed by atoms with Crippen molar-refractivity contribution in [2.24, 2.45) is 4.99 Å². The number of benzene rings is 1. The molecule has 0 fully saturated rings. The first-order valence-electron chi connectivity index (χ1n) is 7.78. The van der Waals surface area contributed by atoms with Gasteiger partial charge in [-0.15, -0.1) is 0 Å². The van der Waals surface area contributed by atoms with Crippen LogP contribution in [0, 0.1) is 0 Å². The monoisotopic (exact) mass is 347 g/mol. The zero-order chi connectivity index (χ0) is 17.2. The van der Waals surface area contributed by atoms with Crippen molar-refractivity contribution >= 4 is 23.5 Å². The first-order chi connectivity index (χ1) is 11.7. The molecule has 24 heavy (non-hydrogen) atoms. The minimum absolute atomic E-state index is 0.182. The second-order valence-electron chi connectivity index (χ2n) is 5.08. The average molecular weight is 348 g/mol. The minimum atomic E-state index is -0.182. The summed E-state index contributed by atoms with van der Waals surface area (Å²) in [5.41, 5.74) is 0.480. The number of hydrogen-bond donors (Lipinski definition) is 3. The highest BCUT2D eigenvalue weighted by Crippen LogP contribution is 2.14. The number of hydrogen-bond acceptors (Lipinski definition) is 2. The number of nitrogens with zero attached hydrogens (tertiary/aromatic N) is 2. The standard InChI is InChI=1S/C17H22ClN5O/c1-19-17(22-10-13-23-11-4-5-12-23)21-9-8-20-16(24)14-6-2-3-7-15(14)18/h2-7,11-12H,8-10,13H2,1H3,(H,20,24)(H2,19,21,22). The second kappa shape index (κ2) is 9.62. The van der Waals surface area contributed by atoms with Crippen LogP contribution in [0.25, 0.3) is 0 Å². The third-order valence-electron chi connectivity index (χ3n) is 3.37. The molecule has 0 aliphatic carbocycles. The molecule has 1 aromatic carbocycles. The maximum Gasteiger partial charge on any atom is 0.252 e. The van der Waals surface area contributed by atoms with Crippen molar-refractivity contribution in [2.45, 2.75) is 6.54 Å². The lowest BCUT2D eigenvalue weighted by atomic mass is 10.2. The van der Waals surface area contributed by atoms with E-state index in [0.29, 0.717) is 29.6 Å². The second-order valence-corrected chi connectivity index (χ2v) is 5.49. The molecule has 6 nitrogen and oxygen atoms in total. The first kappa shape index (κ1) is 17.9. The molecule has 0 atom stereocenters. The smallest absolute Gasteiger partial charge is 0.252 e. The maximum absolute atomic E-state index is 12.0. The number of rotatable bonds is 7. The van der Waals surface area contributed by atoms with Crippen molar-refractivity contribution in [1.82, 2.24) is 20.5 Å². The Bertz CT molecular complexity index is 669. The Kier molecular flexibility index (Phi) is 7.17. The summed E-state index contributed by atoms with van der Waals surface area (Å²) in [7, 11) is 1.72. The summed E-state index contributed by atoms with van der Waals surface area (Å²) in [6.07, 6.45) is 4.03. The largest absolute Gasteiger partial charge is 0.355 e. The summed E-state index contributed by atoms with van der Waals surface area (Å²) < 4.78 is 2.09. The van der Waals surface area contributed by atoms with Crippen molar-refractivity contribution in [3.63, 3.8) is 0 Å². The molecule has 2 rings (SSSR count). The van der Waals surface area contributed by atoms with Gasteiger partial charge in [0, 0.05) is 45.6 Å². The van der Waals surface area contributed by atoms with Crippen molar-refractivity contribution in [1.29, 1.82) is 0 Å². The molecule has 0 aliphatic heterocycles. The van der Waals surface area contributed by atoms with Crippen molar-refractivity contribution < 1.29 is 4.79 Å². The van der Waals surface area contributed by atoms with E-state index in [4.69, 9.17) is 11.6 Å². The Morgan fingerprint density at radius 2 is 1.71 bits per heavy atom. The van der Waals surface area contributed by atoms with Crippen molar-refractivity contribution in [2.75, 3.05) is 26.7 Å². The lowest BCUT2D eigenvalue weighted by Gasteiger charge is -2.13. The molecule has 1 heterocycles. The molecular weight excluding hydrogens is 326 g/mol. The zero-order valence-electron chi connectivity index (χ0n) is 13.6. The molecule has 0 saturated heterocycles. The molecule has 0 bridgehead atoms. The van der Waals surface area contributed by atoms with Gasteiger partial charge < -0.3 is 20.5 Å². The number of guanidine groups is 1. The number of carbonyl (C=O) groups is 1. The average Bonchev–Trinajstić information content (AvgIpc) is 3.10. The molecule has 128 valence electrons. The van der Waals surface area contributed by atoms with Crippen LogP contribution in [0.5, 0.6) is 0 Å². The lowest BCUT2D eigenvalue weighted by molar-refractivity contribution is 0.0954. The van der Waals surface area contributed by atoms with E-state index in [9.17, 15) is 4.79 Å². The van der Waals surface area contributed by atoms with Gasteiger partial charge >= 0.3 is 0 Å². The lowest BCUT2D eigenvalue weighted by Crippen LogP contribution is -2.42. The summed E-state index contributed by atoms with van der Waals surface area (Å²) in [5.74, 6) is 0.520. The molecule has 7 heteroatoms. The van der Waals surface area contributed by atoms with Gasteiger partial charge in [-0.1, -0.05) is 23.7 Å². The molecule has 0 spiro atoms. The van der Waals surface area contributed by atoms with Gasteiger partial charge in [-0.05, 0) is 24.3 Å². The number of aromatic nitrogens is 1. The Morgan fingerprint density at radius 1 is 1.04 bits per heavy atom. The summed E-state index contributed by atoms with van der Waals surface area (Å²) in [6, 6.07) is 11.0. The zero-order valence-corrected chi connectivity index (χ0v) is 14.4. The van der Waals surface area contributed by atoms with Crippen molar-refractivity contribution in [3.8, 4) is 0 Å². The van der Waals surface area contributed by atoms with Gasteiger partial charge in [0.2, 0.25) is 0 Å². The van der Waals surface area contributed by atoms with E-state index in [1.165, 1.54) is 0 Å². The number of nitrogens with one attached hydrogen (secondary N) is 3. The fourth-order valence-electron chi connectivity index (χ4n) is 2.14. The van der Waals surface area contributed by atoms with Crippen LogP contribution in [0.15, 0.2) is 53.8 Å². The number of carbonyl (C=O) groups excluding carboxylic acids is 1. The van der Waals surface area contributed by atoms with E-state index in [-0.39, 0.29) is 5.91 Å². The van der Waals surface area contributed by atoms with E-state index in [1.807, 2.05) is 24.5 Å². The molecule has 0 saturated carbocycles. The Labute approximate surface area is 146 Å². The van der Waals surface area contributed by atoms with Crippen LogP contribution in [0.4, 0.5) is 0 Å². The Balaban J connectivity index is 1.65. The predicted molar refractivity (Wildman–Crippen MR) is 97.6 cm³/mol. The van der Waals surface area contributed by atoms with E-state index in [2.05, 4.69) is 25.5 Å². The first-order valence-corrected chi connectivity index (χ1v) is 8.16. The summed E-state index contributed by atoms with van der Waals surface area (Å²) in [5, 5.41) is 9.65. The molecular formula is C17H22ClN5O. The fourth-order valence-corrected chi connectivity index (χ4v) is 2.36. The van der Waals surface area contributed by atoms with Gasteiger partial charge in [-0.2, -0.15) is 0 Å². The molecule has 0 unspecified atom stereocenters. The molecule has 3 N–H and O–H groups in total. The van der Waals surface area contributed by atoms with Gasteiger partial charge in [0.15, 0.2) is 5.96 Å². The van der Waals surface area contributed by atoms with Crippen LogP contribution in [-0.4, -0.2) is 43.1 Å². The third-order valence-corrected chi connectivity index (χ3v) is 3.70. The van der Waals surface area contributed by atoms with Crippen molar-refractivity contribution in [3.05, 3.63) is 59.4 Å². The number of halogens is 1. The molecule has 1 aromatic heterocycles. The normalized spacial score (nSPS) is 11.2. The van der Waals surface area contributed by atoms with E-state index in [1.54, 1.807) is 31.3 Å². The van der Waals surface area contributed by atoms with Crippen LogP contribution in [-0.2, 0) is 6.54 Å². The number of aliphatic imine (C=N–C) groups is 1. The third kappa shape index (κ3) is 5.62. The highest BCUT2D eigenvalue weighted by molar-refractivity contribution is 6.33. The van der Waals surface area contributed by atoms with Crippen LogP contribution < -0.4 is 16.0 Å². The molecule has 0 radical (unpaired) electrons.